The Hall–Kier alpha value is -1.11. The van der Waals surface area contributed by atoms with Crippen LogP contribution in [0.15, 0.2) is 11.8 Å². The van der Waals surface area contributed by atoms with Gasteiger partial charge in [0, 0.05) is 31.9 Å². The third-order valence-electron chi connectivity index (χ3n) is 4.03. The Balaban J connectivity index is 2.18. The number of methoxy groups -OCH3 is 2. The van der Waals surface area contributed by atoms with Crippen LogP contribution in [-0.4, -0.2) is 56.2 Å². The van der Waals surface area contributed by atoms with Gasteiger partial charge in [-0.1, -0.05) is 6.92 Å². The molecule has 1 fully saturated rings. The molecule has 2 heterocycles. The number of hydrogen-bond donors (Lipinski definition) is 1. The summed E-state index contributed by atoms with van der Waals surface area (Å²) in [6.07, 6.45) is 1.53. The normalized spacial score (nSPS) is 37.9. The molecule has 0 aliphatic carbocycles. The van der Waals surface area contributed by atoms with Crippen LogP contribution in [0.4, 0.5) is 0 Å². The summed E-state index contributed by atoms with van der Waals surface area (Å²) in [6, 6.07) is 0. The molecule has 2 aliphatic rings. The van der Waals surface area contributed by atoms with E-state index in [0.717, 1.165) is 0 Å². The Morgan fingerprint density at radius 2 is 2.10 bits per heavy atom. The molecule has 0 aromatic carbocycles. The lowest BCUT2D eigenvalue weighted by Gasteiger charge is -2.38. The molecule has 0 aromatic heterocycles. The Morgan fingerprint density at radius 1 is 1.40 bits per heavy atom. The highest BCUT2D eigenvalue weighted by Gasteiger charge is 2.46. The van der Waals surface area contributed by atoms with Crippen LogP contribution in [0.25, 0.3) is 0 Å². The van der Waals surface area contributed by atoms with Gasteiger partial charge in [0.05, 0.1) is 12.7 Å². The maximum Gasteiger partial charge on any atom is 0.249 e. The zero-order chi connectivity index (χ0) is 14.9. The van der Waals surface area contributed by atoms with E-state index >= 15 is 0 Å². The van der Waals surface area contributed by atoms with Crippen LogP contribution in [0.1, 0.15) is 20.8 Å². The number of carbonyl (C=O) groups excluding carboxylic acids is 1. The molecule has 0 radical (unpaired) electrons. The molecule has 2 aliphatic heterocycles. The molecule has 114 valence electrons. The summed E-state index contributed by atoms with van der Waals surface area (Å²) in [6.45, 7) is 6.34. The quantitative estimate of drug-likeness (QED) is 0.823. The third-order valence-corrected chi connectivity index (χ3v) is 4.03. The van der Waals surface area contributed by atoms with E-state index in [0.29, 0.717) is 12.2 Å². The summed E-state index contributed by atoms with van der Waals surface area (Å²) >= 11 is 0. The SMILES string of the molecule is COCC1OC(N2C=C(C)C(=O)NC2C)C(C)C1OC. The Kier molecular flexibility index (Phi) is 4.67. The molecule has 2 rings (SSSR count). The van der Waals surface area contributed by atoms with Gasteiger partial charge in [-0.05, 0) is 13.8 Å². The highest BCUT2D eigenvalue weighted by molar-refractivity contribution is 5.93. The van der Waals surface area contributed by atoms with Crippen LogP contribution >= 0.6 is 0 Å². The Morgan fingerprint density at radius 3 is 2.70 bits per heavy atom. The molecule has 0 aromatic rings. The number of ether oxygens (including phenoxy) is 3. The average molecular weight is 284 g/mol. The lowest BCUT2D eigenvalue weighted by Crippen LogP contribution is -2.53. The van der Waals surface area contributed by atoms with Gasteiger partial charge >= 0.3 is 0 Å². The molecule has 5 atom stereocenters. The second kappa shape index (κ2) is 6.11. The molecule has 6 heteroatoms. The molecule has 0 spiro atoms. The van der Waals surface area contributed by atoms with E-state index < -0.39 is 0 Å². The fraction of sp³-hybridized carbons (Fsp3) is 0.786. The van der Waals surface area contributed by atoms with Crippen LogP contribution in [0, 0.1) is 5.92 Å². The van der Waals surface area contributed by atoms with Crippen molar-refractivity contribution in [2.24, 2.45) is 5.92 Å². The lowest BCUT2D eigenvalue weighted by molar-refractivity contribution is -0.125. The second-order valence-corrected chi connectivity index (χ2v) is 5.49. The summed E-state index contributed by atoms with van der Waals surface area (Å²) in [4.78, 5) is 13.7. The number of nitrogens with one attached hydrogen (secondary N) is 1. The minimum atomic E-state index is -0.134. The van der Waals surface area contributed by atoms with Gasteiger partial charge < -0.3 is 24.4 Å². The summed E-state index contributed by atoms with van der Waals surface area (Å²) in [7, 11) is 3.35. The van der Waals surface area contributed by atoms with E-state index in [1.807, 2.05) is 18.0 Å². The van der Waals surface area contributed by atoms with Crippen molar-refractivity contribution in [2.45, 2.75) is 45.4 Å². The minimum absolute atomic E-state index is 0.0153. The van der Waals surface area contributed by atoms with E-state index in [1.165, 1.54) is 0 Å². The molecule has 5 unspecified atom stereocenters. The fourth-order valence-corrected chi connectivity index (χ4v) is 2.95. The zero-order valence-electron chi connectivity index (χ0n) is 12.8. The van der Waals surface area contributed by atoms with Crippen molar-refractivity contribution in [3.8, 4) is 0 Å². The Labute approximate surface area is 120 Å². The van der Waals surface area contributed by atoms with Crippen LogP contribution in [0.2, 0.25) is 0 Å². The second-order valence-electron chi connectivity index (χ2n) is 5.49. The van der Waals surface area contributed by atoms with Gasteiger partial charge in [-0.15, -0.1) is 0 Å². The van der Waals surface area contributed by atoms with E-state index in [4.69, 9.17) is 14.2 Å². The van der Waals surface area contributed by atoms with Gasteiger partial charge in [0.2, 0.25) is 5.91 Å². The fourth-order valence-electron chi connectivity index (χ4n) is 2.95. The molecule has 20 heavy (non-hydrogen) atoms. The van der Waals surface area contributed by atoms with Crippen LogP contribution in [0.3, 0.4) is 0 Å². The molecular formula is C14H24N2O4. The topological polar surface area (TPSA) is 60.0 Å². The molecule has 1 amide bonds. The van der Waals surface area contributed by atoms with Crippen molar-refractivity contribution in [3.63, 3.8) is 0 Å². The monoisotopic (exact) mass is 284 g/mol. The molecular weight excluding hydrogens is 260 g/mol. The predicted molar refractivity (Wildman–Crippen MR) is 73.7 cm³/mol. The van der Waals surface area contributed by atoms with Crippen molar-refractivity contribution in [1.29, 1.82) is 0 Å². The number of nitrogens with zero attached hydrogens (tertiary/aromatic N) is 1. The smallest absolute Gasteiger partial charge is 0.249 e. The Bertz CT molecular complexity index is 399. The van der Waals surface area contributed by atoms with E-state index in [1.54, 1.807) is 21.1 Å². The highest BCUT2D eigenvalue weighted by atomic mass is 16.6. The van der Waals surface area contributed by atoms with Gasteiger partial charge in [-0.25, -0.2) is 0 Å². The van der Waals surface area contributed by atoms with Gasteiger partial charge in [0.15, 0.2) is 0 Å². The molecule has 1 saturated heterocycles. The minimum Gasteiger partial charge on any atom is -0.382 e. The van der Waals surface area contributed by atoms with Gasteiger partial charge in [-0.2, -0.15) is 0 Å². The number of hydrogen-bond acceptors (Lipinski definition) is 5. The average Bonchev–Trinajstić information content (AvgIpc) is 2.71. The number of amides is 1. The number of carbonyl (C=O) groups is 1. The van der Waals surface area contributed by atoms with E-state index in [-0.39, 0.29) is 36.4 Å². The first-order valence-electron chi connectivity index (χ1n) is 6.93. The van der Waals surface area contributed by atoms with Gasteiger partial charge in [-0.3, -0.25) is 4.79 Å². The maximum absolute atomic E-state index is 11.6. The first kappa shape index (κ1) is 15.3. The first-order valence-corrected chi connectivity index (χ1v) is 6.93. The summed E-state index contributed by atoms with van der Waals surface area (Å²) in [5.41, 5.74) is 0.683. The third kappa shape index (κ3) is 2.68. The van der Waals surface area contributed by atoms with Crippen molar-refractivity contribution >= 4 is 5.91 Å². The molecule has 0 bridgehead atoms. The van der Waals surface area contributed by atoms with Crippen molar-refractivity contribution in [3.05, 3.63) is 11.8 Å². The summed E-state index contributed by atoms with van der Waals surface area (Å²) in [5.74, 6) is 0.151. The molecule has 1 N–H and O–H groups in total. The van der Waals surface area contributed by atoms with Gasteiger partial charge in [0.1, 0.15) is 18.5 Å². The predicted octanol–water partition coefficient (Wildman–Crippen LogP) is 0.690. The van der Waals surface area contributed by atoms with Crippen LogP contribution in [-0.2, 0) is 19.0 Å². The van der Waals surface area contributed by atoms with E-state index in [9.17, 15) is 4.79 Å². The van der Waals surface area contributed by atoms with Crippen molar-refractivity contribution in [1.82, 2.24) is 10.2 Å². The first-order chi connectivity index (χ1) is 9.49. The maximum atomic E-state index is 11.6. The zero-order valence-corrected chi connectivity index (χ0v) is 12.8. The summed E-state index contributed by atoms with van der Waals surface area (Å²) in [5, 5.41) is 2.92. The van der Waals surface area contributed by atoms with Crippen molar-refractivity contribution < 1.29 is 19.0 Å². The lowest BCUT2D eigenvalue weighted by atomic mass is 10.0. The highest BCUT2D eigenvalue weighted by Crippen LogP contribution is 2.33. The van der Waals surface area contributed by atoms with Crippen LogP contribution < -0.4 is 5.32 Å². The van der Waals surface area contributed by atoms with E-state index in [2.05, 4.69) is 12.2 Å². The molecule has 6 nitrogen and oxygen atoms in total. The van der Waals surface area contributed by atoms with Crippen LogP contribution in [0.5, 0.6) is 0 Å². The summed E-state index contributed by atoms with van der Waals surface area (Å²) < 4.78 is 16.8. The van der Waals surface area contributed by atoms with Gasteiger partial charge in [0.25, 0.3) is 0 Å². The number of rotatable bonds is 4. The standard InChI is InChI=1S/C14H24N2O4/c1-8-6-16(10(3)15-13(8)17)14-9(2)12(19-5)11(20-14)7-18-4/h6,9-12,14H,7H2,1-5H3,(H,15,17). The largest absolute Gasteiger partial charge is 0.382 e. The van der Waals surface area contributed by atoms with Crippen molar-refractivity contribution in [2.75, 3.05) is 20.8 Å². The molecule has 0 saturated carbocycles.